The minimum atomic E-state index is -0.376. The number of rotatable bonds is 41. The number of phenolic OH excluding ortho intramolecular Hbond substituents is 1. The zero-order valence-corrected chi connectivity index (χ0v) is 42.0. The summed E-state index contributed by atoms with van der Waals surface area (Å²) in [6, 6.07) is 13.8. The summed E-state index contributed by atoms with van der Waals surface area (Å²) in [7, 11) is 1.55. The number of ether oxygens (including phenoxy) is 5. The Labute approximate surface area is 404 Å². The van der Waals surface area contributed by atoms with Crippen LogP contribution in [0.15, 0.2) is 73.1 Å². The monoisotopic (exact) mass is 927 g/mol. The summed E-state index contributed by atoms with van der Waals surface area (Å²) < 4.78 is 30.2. The largest absolute Gasteiger partial charge is 0.507 e. The van der Waals surface area contributed by atoms with Crippen LogP contribution in [0.25, 0.3) is 0 Å². The number of anilines is 2. The lowest BCUT2D eigenvalue weighted by Gasteiger charge is -2.18. The molecule has 0 aliphatic carbocycles. The topological polar surface area (TPSA) is 125 Å². The van der Waals surface area contributed by atoms with Gasteiger partial charge in [-0.05, 0) is 49.9 Å². The molecule has 67 heavy (non-hydrogen) atoms. The van der Waals surface area contributed by atoms with Gasteiger partial charge in [-0.1, -0.05) is 156 Å². The molecule has 3 N–H and O–H groups in total. The predicted octanol–water partition coefficient (Wildman–Crippen LogP) is 16.0. The van der Waals surface area contributed by atoms with E-state index in [1.807, 2.05) is 12.1 Å². The first-order valence-electron chi connectivity index (χ1n) is 26.0. The molecule has 0 atom stereocenters. The lowest BCUT2D eigenvalue weighted by Crippen LogP contribution is -2.06. The van der Waals surface area contributed by atoms with Crippen molar-refractivity contribution in [1.82, 2.24) is 0 Å². The van der Waals surface area contributed by atoms with Gasteiger partial charge < -0.3 is 39.4 Å². The average Bonchev–Trinajstić information content (AvgIpc) is 3.33. The maximum absolute atomic E-state index is 13.6. The van der Waals surface area contributed by atoms with E-state index in [1.54, 1.807) is 43.6 Å². The van der Waals surface area contributed by atoms with Crippen molar-refractivity contribution in [3.63, 3.8) is 0 Å². The highest BCUT2D eigenvalue weighted by Gasteiger charge is 2.15. The SMILES string of the molecule is CCCCCCCCOc1ccc(C(=O)/C=C/Nc2cc(OCCCCCCCC)c(OCCCCCCCC)cc2N/C=C/C(=O)c2ccc(OCCCCCCCC)cc2OC)c(O)c1. The van der Waals surface area contributed by atoms with Crippen LogP contribution in [0.2, 0.25) is 0 Å². The van der Waals surface area contributed by atoms with Crippen LogP contribution in [0.4, 0.5) is 11.4 Å². The number of unbranched alkanes of at least 4 members (excludes halogenated alkanes) is 20. The molecule has 0 saturated carbocycles. The summed E-state index contributed by atoms with van der Waals surface area (Å²) >= 11 is 0. The van der Waals surface area contributed by atoms with Crippen molar-refractivity contribution in [3.8, 4) is 34.5 Å². The fourth-order valence-corrected chi connectivity index (χ4v) is 7.67. The van der Waals surface area contributed by atoms with Crippen molar-refractivity contribution in [2.45, 2.75) is 182 Å². The number of carbonyl (C=O) groups is 2. The van der Waals surface area contributed by atoms with Crippen molar-refractivity contribution >= 4 is 22.9 Å². The van der Waals surface area contributed by atoms with Crippen LogP contribution in [0, 0.1) is 0 Å². The van der Waals surface area contributed by atoms with Crippen molar-refractivity contribution in [1.29, 1.82) is 0 Å². The standard InChI is InChI=1S/C57H86N2O8/c1-6-10-14-18-22-26-38-64-46-30-32-48(54(62)42-46)52(60)34-36-58-50-44-56(66-40-28-24-20-16-12-8-3)57(67-41-29-25-21-17-13-9-4)45-51(50)59-37-35-53(61)49-33-31-47(43-55(49)63-5)65-39-27-23-19-15-11-7-2/h30-37,42-45,58-59,62H,6-29,38-41H2,1-5H3/b36-34+,37-35+. The molecule has 372 valence electrons. The predicted molar refractivity (Wildman–Crippen MR) is 277 cm³/mol. The van der Waals surface area contributed by atoms with Crippen LogP contribution in [0.1, 0.15) is 203 Å². The average molecular weight is 927 g/mol. The molecule has 10 nitrogen and oxygen atoms in total. The number of hydrogen-bond donors (Lipinski definition) is 3. The van der Waals surface area contributed by atoms with E-state index < -0.39 is 0 Å². The summed E-state index contributed by atoms with van der Waals surface area (Å²) in [5, 5.41) is 17.3. The summed E-state index contributed by atoms with van der Waals surface area (Å²) in [5.74, 6) is 2.05. The van der Waals surface area contributed by atoms with E-state index in [-0.39, 0.29) is 22.9 Å². The fourth-order valence-electron chi connectivity index (χ4n) is 7.67. The van der Waals surface area contributed by atoms with Gasteiger partial charge in [0, 0.05) is 48.8 Å². The van der Waals surface area contributed by atoms with Gasteiger partial charge in [0.25, 0.3) is 0 Å². The fraction of sp³-hybridized carbons (Fsp3) is 0.579. The number of hydrogen-bond acceptors (Lipinski definition) is 10. The number of carbonyl (C=O) groups excluding carboxylic acids is 2. The molecule has 0 aliphatic rings. The minimum Gasteiger partial charge on any atom is -0.507 e. The highest BCUT2D eigenvalue weighted by molar-refractivity contribution is 6.07. The molecule has 0 unspecified atom stereocenters. The molecule has 3 aromatic carbocycles. The Kier molecular flexibility index (Phi) is 30.2. The van der Waals surface area contributed by atoms with Crippen LogP contribution in [-0.4, -0.2) is 50.2 Å². The zero-order valence-electron chi connectivity index (χ0n) is 42.0. The lowest BCUT2D eigenvalue weighted by molar-refractivity contribution is 0.103. The van der Waals surface area contributed by atoms with Gasteiger partial charge in [0.15, 0.2) is 23.1 Å². The number of ketones is 2. The van der Waals surface area contributed by atoms with E-state index in [2.05, 4.69) is 38.3 Å². The lowest BCUT2D eigenvalue weighted by atomic mass is 10.1. The Morgan fingerprint density at radius 3 is 1.21 bits per heavy atom. The third-order valence-corrected chi connectivity index (χ3v) is 11.7. The van der Waals surface area contributed by atoms with Gasteiger partial charge in [0.05, 0.1) is 56.0 Å². The molecule has 0 heterocycles. The molecular formula is C57H86N2O8. The Balaban J connectivity index is 1.81. The Bertz CT molecular complexity index is 1870. The van der Waals surface area contributed by atoms with E-state index in [4.69, 9.17) is 23.7 Å². The first-order valence-corrected chi connectivity index (χ1v) is 26.0. The van der Waals surface area contributed by atoms with Crippen LogP contribution in [0.5, 0.6) is 34.5 Å². The highest BCUT2D eigenvalue weighted by Crippen LogP contribution is 2.38. The number of methoxy groups -OCH3 is 1. The molecule has 3 rings (SSSR count). The van der Waals surface area contributed by atoms with Gasteiger partial charge in [0.1, 0.15) is 23.0 Å². The van der Waals surface area contributed by atoms with Crippen molar-refractivity contribution in [3.05, 3.63) is 84.2 Å². The van der Waals surface area contributed by atoms with Gasteiger partial charge >= 0.3 is 0 Å². The van der Waals surface area contributed by atoms with E-state index in [0.717, 1.165) is 51.4 Å². The molecule has 0 fully saturated rings. The van der Waals surface area contributed by atoms with E-state index in [1.165, 1.54) is 127 Å². The summed E-state index contributed by atoms with van der Waals surface area (Å²) in [6.45, 7) is 11.1. The minimum absolute atomic E-state index is 0.142. The molecule has 0 aliphatic heterocycles. The van der Waals surface area contributed by atoms with E-state index in [0.29, 0.717) is 72.1 Å². The highest BCUT2D eigenvalue weighted by atomic mass is 16.5. The first-order chi connectivity index (χ1) is 32.8. The number of benzene rings is 3. The second-order valence-corrected chi connectivity index (χ2v) is 17.5. The van der Waals surface area contributed by atoms with Crippen molar-refractivity contribution in [2.24, 2.45) is 0 Å². The smallest absolute Gasteiger partial charge is 0.191 e. The molecule has 0 radical (unpaired) electrons. The first kappa shape index (κ1) is 56.2. The van der Waals surface area contributed by atoms with Gasteiger partial charge in [-0.3, -0.25) is 9.59 Å². The number of nitrogens with one attached hydrogen (secondary N) is 2. The second kappa shape index (κ2) is 36.0. The molecule has 10 heteroatoms. The molecule has 3 aromatic rings. The van der Waals surface area contributed by atoms with Crippen LogP contribution >= 0.6 is 0 Å². The normalized spacial score (nSPS) is 11.3. The van der Waals surface area contributed by atoms with Gasteiger partial charge in [0.2, 0.25) is 0 Å². The molecule has 0 amide bonds. The van der Waals surface area contributed by atoms with Gasteiger partial charge in [-0.2, -0.15) is 0 Å². The summed E-state index contributed by atoms with van der Waals surface area (Å²) in [6.07, 6.45) is 33.7. The second-order valence-electron chi connectivity index (χ2n) is 17.5. The molecule has 0 bridgehead atoms. The third-order valence-electron chi connectivity index (χ3n) is 11.7. The number of phenols is 1. The Hall–Kier alpha value is -5.12. The van der Waals surface area contributed by atoms with Crippen molar-refractivity contribution < 1.29 is 38.4 Å². The molecular weight excluding hydrogens is 841 g/mol. The maximum Gasteiger partial charge on any atom is 0.191 e. The molecule has 0 saturated heterocycles. The maximum atomic E-state index is 13.6. The van der Waals surface area contributed by atoms with Gasteiger partial charge in [-0.15, -0.1) is 0 Å². The van der Waals surface area contributed by atoms with Crippen LogP contribution < -0.4 is 34.3 Å². The van der Waals surface area contributed by atoms with Crippen LogP contribution in [0.3, 0.4) is 0 Å². The Morgan fingerprint density at radius 1 is 0.448 bits per heavy atom. The summed E-state index contributed by atoms with van der Waals surface area (Å²) in [5.41, 5.74) is 1.78. The number of aromatic hydroxyl groups is 1. The number of allylic oxidation sites excluding steroid dienone is 2. The zero-order chi connectivity index (χ0) is 48.2. The molecule has 0 aromatic heterocycles. The summed E-state index contributed by atoms with van der Waals surface area (Å²) in [4.78, 5) is 26.9. The van der Waals surface area contributed by atoms with Gasteiger partial charge in [-0.25, -0.2) is 0 Å². The quantitative estimate of drug-likeness (QED) is 0.0288. The van der Waals surface area contributed by atoms with Crippen LogP contribution in [-0.2, 0) is 0 Å². The van der Waals surface area contributed by atoms with Crippen molar-refractivity contribution in [2.75, 3.05) is 44.2 Å². The van der Waals surface area contributed by atoms with E-state index >= 15 is 0 Å². The van der Waals surface area contributed by atoms with E-state index in [9.17, 15) is 14.7 Å². The third kappa shape index (κ3) is 23.4. The molecule has 0 spiro atoms. The Morgan fingerprint density at radius 2 is 0.806 bits per heavy atom.